The van der Waals surface area contributed by atoms with Gasteiger partial charge < -0.3 is 14.6 Å². The van der Waals surface area contributed by atoms with Crippen LogP contribution < -0.4 is 10.2 Å². The largest absolute Gasteiger partial charge is 0.321 e. The van der Waals surface area contributed by atoms with Gasteiger partial charge >= 0.3 is 0 Å². The van der Waals surface area contributed by atoms with E-state index >= 15 is 0 Å². The van der Waals surface area contributed by atoms with E-state index in [-0.39, 0.29) is 11.8 Å². The number of hydrogen-bond donors (Lipinski definition) is 1. The Hall–Kier alpha value is -3.15. The maximum atomic E-state index is 12.9. The highest BCUT2D eigenvalue weighted by molar-refractivity contribution is 6.08. The second kappa shape index (κ2) is 5.94. The summed E-state index contributed by atoms with van der Waals surface area (Å²) in [5, 5.41) is 2.96. The van der Waals surface area contributed by atoms with Crippen molar-refractivity contribution in [3.8, 4) is 0 Å². The van der Waals surface area contributed by atoms with Crippen molar-refractivity contribution in [2.45, 2.75) is 32.1 Å². The van der Waals surface area contributed by atoms with E-state index in [1.165, 1.54) is 0 Å². The van der Waals surface area contributed by atoms with Gasteiger partial charge in [0, 0.05) is 37.0 Å². The first-order valence-corrected chi connectivity index (χ1v) is 9.31. The van der Waals surface area contributed by atoms with Crippen LogP contribution in [0.2, 0.25) is 0 Å². The van der Waals surface area contributed by atoms with Crippen LogP contribution in [-0.4, -0.2) is 27.7 Å². The number of anilines is 2. The first-order chi connectivity index (χ1) is 13.1. The standard InChI is InChI=1S/C21H20N4O2/c1-13(26)24-11-9-14-7-8-16(12-18(14)24)22-21(27)19-17-4-2-3-10-25(17)20(23-19)15-5-6-15/h2-4,7-8,10,12,15H,5-6,9,11H2,1H3,(H,22,27). The van der Waals surface area contributed by atoms with Crippen molar-refractivity contribution in [1.29, 1.82) is 0 Å². The van der Waals surface area contributed by atoms with E-state index < -0.39 is 0 Å². The number of imidazole rings is 1. The highest BCUT2D eigenvalue weighted by atomic mass is 16.2. The number of carbonyl (C=O) groups is 2. The number of benzene rings is 1. The molecule has 1 aliphatic carbocycles. The molecule has 0 bridgehead atoms. The molecule has 0 saturated heterocycles. The number of aromatic nitrogens is 2. The molecule has 0 unspecified atom stereocenters. The molecule has 27 heavy (non-hydrogen) atoms. The van der Waals surface area contributed by atoms with Gasteiger partial charge in [0.1, 0.15) is 5.82 Å². The van der Waals surface area contributed by atoms with Gasteiger partial charge in [0.2, 0.25) is 5.91 Å². The van der Waals surface area contributed by atoms with E-state index in [2.05, 4.69) is 10.3 Å². The van der Waals surface area contributed by atoms with E-state index in [0.29, 0.717) is 23.8 Å². The van der Waals surface area contributed by atoms with Crippen molar-refractivity contribution in [2.24, 2.45) is 0 Å². The number of carbonyl (C=O) groups excluding carboxylic acids is 2. The number of nitrogens with one attached hydrogen (secondary N) is 1. The Labute approximate surface area is 156 Å². The molecular formula is C21H20N4O2. The minimum absolute atomic E-state index is 0.0198. The third-order valence-corrected chi connectivity index (χ3v) is 5.35. The Bertz CT molecular complexity index is 1080. The zero-order valence-corrected chi connectivity index (χ0v) is 15.1. The number of hydrogen-bond acceptors (Lipinski definition) is 3. The molecule has 3 heterocycles. The molecule has 0 radical (unpaired) electrons. The molecule has 1 aromatic carbocycles. The number of pyridine rings is 1. The second-order valence-electron chi connectivity index (χ2n) is 7.27. The van der Waals surface area contributed by atoms with E-state index in [1.54, 1.807) is 11.8 Å². The van der Waals surface area contributed by atoms with Gasteiger partial charge in [-0.3, -0.25) is 9.59 Å². The Morgan fingerprint density at radius 3 is 2.81 bits per heavy atom. The third kappa shape index (κ3) is 2.68. The molecule has 6 nitrogen and oxygen atoms in total. The van der Waals surface area contributed by atoms with Gasteiger partial charge in [0.25, 0.3) is 5.91 Å². The number of rotatable bonds is 3. The van der Waals surface area contributed by atoms with E-state index in [1.807, 2.05) is 47.0 Å². The van der Waals surface area contributed by atoms with Gasteiger partial charge in [0.05, 0.1) is 5.52 Å². The van der Waals surface area contributed by atoms with E-state index in [0.717, 1.165) is 41.9 Å². The van der Waals surface area contributed by atoms with Crippen LogP contribution in [0.3, 0.4) is 0 Å². The normalized spacial score (nSPS) is 15.8. The van der Waals surface area contributed by atoms with Crippen LogP contribution in [0.1, 0.15) is 47.6 Å². The lowest BCUT2D eigenvalue weighted by Crippen LogP contribution is -2.25. The van der Waals surface area contributed by atoms with E-state index in [9.17, 15) is 9.59 Å². The maximum absolute atomic E-state index is 12.9. The van der Waals surface area contributed by atoms with Crippen LogP contribution in [0.25, 0.3) is 5.52 Å². The fourth-order valence-corrected chi connectivity index (χ4v) is 3.83. The molecule has 2 aromatic heterocycles. The summed E-state index contributed by atoms with van der Waals surface area (Å²) >= 11 is 0. The Balaban J connectivity index is 1.47. The molecule has 0 spiro atoms. The van der Waals surface area contributed by atoms with Gasteiger partial charge in [0.15, 0.2) is 5.69 Å². The van der Waals surface area contributed by atoms with Crippen molar-refractivity contribution < 1.29 is 9.59 Å². The quantitative estimate of drug-likeness (QED) is 0.779. The number of nitrogens with zero attached hydrogens (tertiary/aromatic N) is 3. The molecular weight excluding hydrogens is 340 g/mol. The van der Waals surface area contributed by atoms with Crippen LogP contribution in [0.15, 0.2) is 42.6 Å². The highest BCUT2D eigenvalue weighted by Crippen LogP contribution is 2.40. The van der Waals surface area contributed by atoms with Crippen LogP contribution in [-0.2, 0) is 11.2 Å². The molecule has 1 aliphatic heterocycles. The lowest BCUT2D eigenvalue weighted by Gasteiger charge is -2.15. The zero-order valence-electron chi connectivity index (χ0n) is 15.1. The first-order valence-electron chi connectivity index (χ1n) is 9.31. The first kappa shape index (κ1) is 16.1. The van der Waals surface area contributed by atoms with Crippen molar-refractivity contribution >= 4 is 28.7 Å². The van der Waals surface area contributed by atoms with Crippen LogP contribution in [0.5, 0.6) is 0 Å². The fraction of sp³-hybridized carbons (Fsp3) is 0.286. The molecule has 6 heteroatoms. The van der Waals surface area contributed by atoms with Gasteiger partial charge in [-0.15, -0.1) is 0 Å². The van der Waals surface area contributed by atoms with Crippen LogP contribution in [0.4, 0.5) is 11.4 Å². The Morgan fingerprint density at radius 2 is 2.04 bits per heavy atom. The topological polar surface area (TPSA) is 66.7 Å². The maximum Gasteiger partial charge on any atom is 0.276 e. The summed E-state index contributed by atoms with van der Waals surface area (Å²) in [6, 6.07) is 11.6. The van der Waals surface area contributed by atoms with Gasteiger partial charge in [-0.25, -0.2) is 4.98 Å². The van der Waals surface area contributed by atoms with Crippen molar-refractivity contribution in [3.63, 3.8) is 0 Å². The highest BCUT2D eigenvalue weighted by Gasteiger charge is 2.30. The minimum Gasteiger partial charge on any atom is -0.321 e. The average Bonchev–Trinajstić information content (AvgIpc) is 3.29. The summed E-state index contributed by atoms with van der Waals surface area (Å²) in [6.45, 7) is 2.26. The molecule has 1 fully saturated rings. The van der Waals surface area contributed by atoms with Crippen LogP contribution >= 0.6 is 0 Å². The predicted octanol–water partition coefficient (Wildman–Crippen LogP) is 3.37. The van der Waals surface area contributed by atoms with Crippen molar-refractivity contribution in [1.82, 2.24) is 9.38 Å². The predicted molar refractivity (Wildman–Crippen MR) is 103 cm³/mol. The Morgan fingerprint density at radius 1 is 1.19 bits per heavy atom. The van der Waals surface area contributed by atoms with Gasteiger partial charge in [-0.2, -0.15) is 0 Å². The monoisotopic (exact) mass is 360 g/mol. The lowest BCUT2D eigenvalue weighted by atomic mass is 10.1. The zero-order chi connectivity index (χ0) is 18.5. The second-order valence-corrected chi connectivity index (χ2v) is 7.27. The van der Waals surface area contributed by atoms with Gasteiger partial charge in [-0.05, 0) is 49.1 Å². The summed E-state index contributed by atoms with van der Waals surface area (Å²) in [6.07, 6.45) is 5.06. The molecule has 2 aliphatic rings. The minimum atomic E-state index is -0.224. The third-order valence-electron chi connectivity index (χ3n) is 5.35. The number of fused-ring (bicyclic) bond motifs is 2. The summed E-state index contributed by atoms with van der Waals surface area (Å²) in [4.78, 5) is 31.1. The smallest absolute Gasteiger partial charge is 0.276 e. The Kier molecular flexibility index (Phi) is 3.53. The molecule has 5 rings (SSSR count). The molecule has 1 N–H and O–H groups in total. The summed E-state index contributed by atoms with van der Waals surface area (Å²) in [5.41, 5.74) is 3.96. The van der Waals surface area contributed by atoms with Crippen molar-refractivity contribution in [2.75, 3.05) is 16.8 Å². The number of amides is 2. The molecule has 0 atom stereocenters. The lowest BCUT2D eigenvalue weighted by molar-refractivity contribution is -0.116. The summed E-state index contributed by atoms with van der Waals surface area (Å²) < 4.78 is 2.02. The summed E-state index contributed by atoms with van der Waals surface area (Å²) in [5.74, 6) is 1.21. The molecule has 136 valence electrons. The average molecular weight is 360 g/mol. The SMILES string of the molecule is CC(=O)N1CCc2ccc(NC(=O)c3nc(C4CC4)n4ccccc34)cc21. The van der Waals surface area contributed by atoms with Crippen molar-refractivity contribution in [3.05, 3.63) is 59.7 Å². The van der Waals surface area contributed by atoms with Gasteiger partial charge in [-0.1, -0.05) is 12.1 Å². The van der Waals surface area contributed by atoms with E-state index in [4.69, 9.17) is 0 Å². The molecule has 2 amide bonds. The molecule has 1 saturated carbocycles. The molecule has 3 aromatic rings. The van der Waals surface area contributed by atoms with Crippen LogP contribution in [0, 0.1) is 0 Å². The summed E-state index contributed by atoms with van der Waals surface area (Å²) in [7, 11) is 0. The fourth-order valence-electron chi connectivity index (χ4n) is 3.83.